The van der Waals surface area contributed by atoms with Gasteiger partial charge >= 0.3 is 0 Å². The van der Waals surface area contributed by atoms with E-state index < -0.39 is 29.9 Å². The Hall–Kier alpha value is -1.95. The van der Waals surface area contributed by atoms with Gasteiger partial charge in [-0.2, -0.15) is 0 Å². The van der Waals surface area contributed by atoms with Crippen molar-refractivity contribution in [3.8, 4) is 0 Å². The highest BCUT2D eigenvalue weighted by molar-refractivity contribution is 5.88. The molecular formula is C17H37N7O4. The van der Waals surface area contributed by atoms with E-state index in [1.165, 1.54) is 0 Å². The third-order valence-corrected chi connectivity index (χ3v) is 4.19. The van der Waals surface area contributed by atoms with E-state index in [4.69, 9.17) is 22.9 Å². The van der Waals surface area contributed by atoms with Crippen LogP contribution in [0.1, 0.15) is 38.5 Å². The second-order valence-electron chi connectivity index (χ2n) is 6.63. The van der Waals surface area contributed by atoms with Crippen LogP contribution in [0.25, 0.3) is 0 Å². The number of guanidine groups is 1. The highest BCUT2D eigenvalue weighted by Gasteiger charge is 2.36. The van der Waals surface area contributed by atoms with Crippen LogP contribution in [0.4, 0.5) is 0 Å². The monoisotopic (exact) mass is 403 g/mol. The molecule has 0 heterocycles. The van der Waals surface area contributed by atoms with Crippen molar-refractivity contribution < 1.29 is 19.8 Å². The zero-order valence-electron chi connectivity index (χ0n) is 16.5. The molecule has 0 aromatic carbocycles. The van der Waals surface area contributed by atoms with E-state index in [0.717, 1.165) is 32.4 Å². The predicted molar refractivity (Wildman–Crippen MR) is 108 cm³/mol. The number of primary amides is 1. The number of hydrogen-bond donors (Lipinski definition) is 8. The summed E-state index contributed by atoms with van der Waals surface area (Å²) in [6.45, 7) is 3.07. The van der Waals surface area contributed by atoms with Crippen LogP contribution in [-0.2, 0) is 9.59 Å². The van der Waals surface area contributed by atoms with Crippen molar-refractivity contribution in [2.24, 2.45) is 33.8 Å². The quantitative estimate of drug-likeness (QED) is 0.0713. The number of unbranched alkanes of at least 4 members (excludes halogenated alkanes) is 2. The van der Waals surface area contributed by atoms with Gasteiger partial charge in [-0.15, -0.1) is 0 Å². The maximum atomic E-state index is 12.4. The molecular weight excluding hydrogens is 366 g/mol. The van der Waals surface area contributed by atoms with Crippen LogP contribution in [0.3, 0.4) is 0 Å². The van der Waals surface area contributed by atoms with Gasteiger partial charge < -0.3 is 43.8 Å². The number of nitrogens with one attached hydrogen (secondary N) is 2. The molecule has 0 rings (SSSR count). The number of carbonyl (C=O) groups is 2. The van der Waals surface area contributed by atoms with Gasteiger partial charge in [0, 0.05) is 13.1 Å². The number of amides is 2. The molecule has 0 fully saturated rings. The summed E-state index contributed by atoms with van der Waals surface area (Å²) >= 11 is 0. The van der Waals surface area contributed by atoms with Crippen LogP contribution in [0.15, 0.2) is 4.99 Å². The van der Waals surface area contributed by atoms with Crippen molar-refractivity contribution in [2.75, 3.05) is 32.7 Å². The van der Waals surface area contributed by atoms with Crippen LogP contribution in [0, 0.1) is 5.92 Å². The SMILES string of the molecule is NCCCNCCCCNC(=O)C(C(O)C(N)=O)[C@@H](O)CCCCN=C(N)N. The van der Waals surface area contributed by atoms with Gasteiger partial charge in [0.05, 0.1) is 12.0 Å². The van der Waals surface area contributed by atoms with Crippen molar-refractivity contribution >= 4 is 17.8 Å². The fourth-order valence-electron chi connectivity index (χ4n) is 2.62. The Morgan fingerprint density at radius 2 is 1.57 bits per heavy atom. The zero-order chi connectivity index (χ0) is 21.4. The molecule has 12 N–H and O–H groups in total. The minimum atomic E-state index is -1.76. The smallest absolute Gasteiger partial charge is 0.247 e. The second-order valence-corrected chi connectivity index (χ2v) is 6.63. The molecule has 2 unspecified atom stereocenters. The van der Waals surface area contributed by atoms with E-state index in [1.54, 1.807) is 0 Å². The lowest BCUT2D eigenvalue weighted by molar-refractivity contribution is -0.143. The Labute approximate surface area is 166 Å². The average molecular weight is 404 g/mol. The van der Waals surface area contributed by atoms with Crippen molar-refractivity contribution in [1.29, 1.82) is 0 Å². The number of rotatable bonds is 17. The van der Waals surface area contributed by atoms with E-state index in [9.17, 15) is 19.8 Å². The fourth-order valence-corrected chi connectivity index (χ4v) is 2.62. The van der Waals surface area contributed by atoms with Gasteiger partial charge in [0.15, 0.2) is 5.96 Å². The molecule has 3 atom stereocenters. The zero-order valence-corrected chi connectivity index (χ0v) is 16.5. The van der Waals surface area contributed by atoms with Crippen molar-refractivity contribution in [1.82, 2.24) is 10.6 Å². The van der Waals surface area contributed by atoms with Gasteiger partial charge in [0.1, 0.15) is 6.10 Å². The first-order valence-electron chi connectivity index (χ1n) is 9.70. The summed E-state index contributed by atoms with van der Waals surface area (Å²) < 4.78 is 0. The highest BCUT2D eigenvalue weighted by atomic mass is 16.3. The Kier molecular flexibility index (Phi) is 14.9. The van der Waals surface area contributed by atoms with Crippen molar-refractivity contribution in [3.05, 3.63) is 0 Å². The summed E-state index contributed by atoms with van der Waals surface area (Å²) in [5.74, 6) is -2.98. The van der Waals surface area contributed by atoms with E-state index in [0.29, 0.717) is 32.5 Å². The third kappa shape index (κ3) is 12.4. The summed E-state index contributed by atoms with van der Waals surface area (Å²) in [5, 5.41) is 26.1. The van der Waals surface area contributed by atoms with E-state index in [-0.39, 0.29) is 12.4 Å². The molecule has 0 aliphatic carbocycles. The van der Waals surface area contributed by atoms with E-state index in [2.05, 4.69) is 15.6 Å². The average Bonchev–Trinajstić information content (AvgIpc) is 2.63. The first-order chi connectivity index (χ1) is 13.3. The molecule has 28 heavy (non-hydrogen) atoms. The molecule has 164 valence electrons. The van der Waals surface area contributed by atoms with Crippen LogP contribution in [0.2, 0.25) is 0 Å². The van der Waals surface area contributed by atoms with Crippen molar-refractivity contribution in [3.63, 3.8) is 0 Å². The van der Waals surface area contributed by atoms with Crippen LogP contribution in [-0.4, -0.2) is 72.9 Å². The van der Waals surface area contributed by atoms with Gasteiger partial charge in [0.2, 0.25) is 11.8 Å². The topological polar surface area (TPSA) is 215 Å². The molecule has 0 aliphatic rings. The summed E-state index contributed by atoms with van der Waals surface area (Å²) in [4.78, 5) is 27.5. The van der Waals surface area contributed by atoms with Crippen LogP contribution < -0.4 is 33.6 Å². The molecule has 0 aromatic rings. The van der Waals surface area contributed by atoms with Gasteiger partial charge in [-0.1, -0.05) is 0 Å². The Morgan fingerprint density at radius 3 is 2.18 bits per heavy atom. The summed E-state index contributed by atoms with van der Waals surface area (Å²) in [6.07, 6.45) is 0.817. The number of hydrogen-bond acceptors (Lipinski definition) is 7. The number of nitrogens with zero attached hydrogens (tertiary/aromatic N) is 1. The number of aliphatic imine (C=N–C) groups is 1. The Morgan fingerprint density at radius 1 is 0.929 bits per heavy atom. The van der Waals surface area contributed by atoms with Crippen LogP contribution >= 0.6 is 0 Å². The normalized spacial score (nSPS) is 14.1. The molecule has 0 spiro atoms. The van der Waals surface area contributed by atoms with E-state index >= 15 is 0 Å². The van der Waals surface area contributed by atoms with Gasteiger partial charge in [-0.3, -0.25) is 14.6 Å². The van der Waals surface area contributed by atoms with Crippen LogP contribution in [0.5, 0.6) is 0 Å². The first kappa shape index (κ1) is 26.1. The lowest BCUT2D eigenvalue weighted by atomic mass is 9.91. The van der Waals surface area contributed by atoms with Gasteiger partial charge in [-0.25, -0.2) is 0 Å². The highest BCUT2D eigenvalue weighted by Crippen LogP contribution is 2.16. The van der Waals surface area contributed by atoms with Crippen molar-refractivity contribution in [2.45, 2.75) is 50.7 Å². The largest absolute Gasteiger partial charge is 0.392 e. The molecule has 0 saturated carbocycles. The van der Waals surface area contributed by atoms with Gasteiger partial charge in [-0.05, 0) is 58.2 Å². The summed E-state index contributed by atoms with van der Waals surface area (Å²) in [5.41, 5.74) is 21.0. The number of nitrogens with two attached hydrogens (primary N) is 4. The fraction of sp³-hybridized carbons (Fsp3) is 0.824. The minimum Gasteiger partial charge on any atom is -0.392 e. The molecule has 0 saturated heterocycles. The predicted octanol–water partition coefficient (Wildman–Crippen LogP) is -2.91. The Balaban J connectivity index is 4.36. The maximum absolute atomic E-state index is 12.4. The molecule has 0 radical (unpaired) electrons. The number of aliphatic hydroxyl groups excluding tert-OH is 2. The lowest BCUT2D eigenvalue weighted by Crippen LogP contribution is -2.49. The third-order valence-electron chi connectivity index (χ3n) is 4.19. The first-order valence-corrected chi connectivity index (χ1v) is 9.70. The molecule has 0 bridgehead atoms. The molecule has 2 amide bonds. The van der Waals surface area contributed by atoms with E-state index in [1.807, 2.05) is 0 Å². The molecule has 11 heteroatoms. The molecule has 11 nitrogen and oxygen atoms in total. The van der Waals surface area contributed by atoms with Gasteiger partial charge in [0.25, 0.3) is 0 Å². The summed E-state index contributed by atoms with van der Waals surface area (Å²) in [6, 6.07) is 0. The Bertz CT molecular complexity index is 472. The standard InChI is InChI=1S/C17H37N7O4/c18-7-5-9-22-8-3-4-10-23-16(28)13(14(26)15(19)27)12(25)6-1-2-11-24-17(20)21/h12-14,22,25-26H,1-11,18H2,(H2,19,27)(H,23,28)(H4,20,21,24)/t12-,13?,14?/m0/s1. The second kappa shape index (κ2) is 16.0. The molecule has 0 aromatic heterocycles. The summed E-state index contributed by atoms with van der Waals surface area (Å²) in [7, 11) is 0. The number of aliphatic hydroxyl groups is 2. The maximum Gasteiger partial charge on any atom is 0.247 e. The lowest BCUT2D eigenvalue weighted by Gasteiger charge is -2.25. The number of carbonyl (C=O) groups excluding carboxylic acids is 2. The molecule has 0 aliphatic heterocycles. The minimum absolute atomic E-state index is 0.0171.